The first-order valence-electron chi connectivity index (χ1n) is 7.48. The van der Waals surface area contributed by atoms with Crippen LogP contribution in [-0.4, -0.2) is 33.7 Å². The lowest BCUT2D eigenvalue weighted by molar-refractivity contribution is -0.137. The number of aliphatic carboxylic acids is 1. The average Bonchev–Trinajstić information content (AvgIpc) is 2.60. The zero-order valence-corrected chi connectivity index (χ0v) is 14.9. The molecule has 0 fully saturated rings. The van der Waals surface area contributed by atoms with Gasteiger partial charge in [0.05, 0.1) is 26.7 Å². The van der Waals surface area contributed by atoms with Gasteiger partial charge >= 0.3 is 5.97 Å². The number of ether oxygens (including phenoxy) is 2. The molecular formula is C17H18FNO6S. The third-order valence-electron chi connectivity index (χ3n) is 3.61. The average molecular weight is 383 g/mol. The molecule has 0 aliphatic rings. The molecule has 0 aromatic heterocycles. The monoisotopic (exact) mass is 383 g/mol. The van der Waals surface area contributed by atoms with E-state index in [1.807, 2.05) is 0 Å². The summed E-state index contributed by atoms with van der Waals surface area (Å²) in [5.41, 5.74) is 0.319. The van der Waals surface area contributed by atoms with Gasteiger partial charge in [-0.15, -0.1) is 0 Å². The summed E-state index contributed by atoms with van der Waals surface area (Å²) in [6.45, 7) is 0. The first-order valence-corrected chi connectivity index (χ1v) is 8.96. The van der Waals surface area contributed by atoms with Gasteiger partial charge in [0, 0.05) is 6.07 Å². The Morgan fingerprint density at radius 2 is 1.81 bits per heavy atom. The van der Waals surface area contributed by atoms with Crippen molar-refractivity contribution in [3.8, 4) is 11.5 Å². The van der Waals surface area contributed by atoms with Gasteiger partial charge in [0.1, 0.15) is 22.2 Å². The molecule has 0 spiro atoms. The molecule has 140 valence electrons. The van der Waals surface area contributed by atoms with E-state index in [9.17, 15) is 17.6 Å². The molecule has 26 heavy (non-hydrogen) atoms. The lowest BCUT2D eigenvalue weighted by Gasteiger charge is -2.19. The van der Waals surface area contributed by atoms with Crippen LogP contribution in [0.5, 0.6) is 11.5 Å². The van der Waals surface area contributed by atoms with Gasteiger partial charge in [-0.2, -0.15) is 0 Å². The van der Waals surface area contributed by atoms with Crippen LogP contribution in [0.3, 0.4) is 0 Å². The Hall–Kier alpha value is -2.65. The number of methoxy groups -OCH3 is 2. The van der Waals surface area contributed by atoms with E-state index in [0.29, 0.717) is 11.3 Å². The van der Waals surface area contributed by atoms with Crippen LogP contribution >= 0.6 is 0 Å². The normalized spacial score (nSPS) is 12.4. The summed E-state index contributed by atoms with van der Waals surface area (Å²) in [4.78, 5) is 10.9. The number of nitrogens with one attached hydrogen (secondary N) is 1. The van der Waals surface area contributed by atoms with Gasteiger partial charge in [0.2, 0.25) is 10.0 Å². The highest BCUT2D eigenvalue weighted by Crippen LogP contribution is 2.30. The van der Waals surface area contributed by atoms with E-state index in [1.165, 1.54) is 44.6 Å². The van der Waals surface area contributed by atoms with E-state index in [0.717, 1.165) is 12.1 Å². The van der Waals surface area contributed by atoms with Crippen molar-refractivity contribution in [1.82, 2.24) is 4.72 Å². The molecule has 7 nitrogen and oxygen atoms in total. The van der Waals surface area contributed by atoms with E-state index >= 15 is 0 Å². The second-order valence-electron chi connectivity index (χ2n) is 5.34. The summed E-state index contributed by atoms with van der Waals surface area (Å²) in [6, 6.07) is 8.06. The molecule has 0 saturated carbocycles. The van der Waals surface area contributed by atoms with Crippen molar-refractivity contribution in [3.63, 3.8) is 0 Å². The van der Waals surface area contributed by atoms with Crippen molar-refractivity contribution in [2.45, 2.75) is 17.4 Å². The van der Waals surface area contributed by atoms with Crippen molar-refractivity contribution >= 4 is 16.0 Å². The largest absolute Gasteiger partial charge is 0.497 e. The minimum atomic E-state index is -4.15. The number of carbonyl (C=O) groups is 1. The molecule has 2 aromatic carbocycles. The molecule has 0 saturated heterocycles. The number of sulfonamides is 1. The standard InChI is InChI=1S/C17H18FNO6S/c1-24-13-7-8-15(25-2)16(9-13)26(22,23)19-14(10-17(20)21)11-3-5-12(18)6-4-11/h3-9,14,19H,10H2,1-2H3,(H,20,21)/t14-/m0/s1. The molecule has 2 aromatic rings. The molecule has 0 heterocycles. The molecular weight excluding hydrogens is 365 g/mol. The van der Waals surface area contributed by atoms with E-state index < -0.39 is 34.3 Å². The fourth-order valence-electron chi connectivity index (χ4n) is 2.34. The molecule has 0 aliphatic carbocycles. The van der Waals surface area contributed by atoms with Crippen molar-refractivity contribution in [1.29, 1.82) is 0 Å². The molecule has 0 radical (unpaired) electrons. The van der Waals surface area contributed by atoms with Crippen molar-refractivity contribution < 1.29 is 32.2 Å². The van der Waals surface area contributed by atoms with Crippen LogP contribution in [0.1, 0.15) is 18.0 Å². The van der Waals surface area contributed by atoms with Gasteiger partial charge in [-0.3, -0.25) is 4.79 Å². The van der Waals surface area contributed by atoms with Gasteiger partial charge in [-0.1, -0.05) is 12.1 Å². The molecule has 9 heteroatoms. The Morgan fingerprint density at radius 3 is 2.35 bits per heavy atom. The Bertz CT molecular complexity index is 883. The number of halogens is 1. The highest BCUT2D eigenvalue weighted by molar-refractivity contribution is 7.89. The van der Waals surface area contributed by atoms with E-state index in [2.05, 4.69) is 4.72 Å². The molecule has 2 N–H and O–H groups in total. The summed E-state index contributed by atoms with van der Waals surface area (Å²) in [5.74, 6) is -1.35. The number of hydrogen-bond donors (Lipinski definition) is 2. The van der Waals surface area contributed by atoms with Crippen LogP contribution in [0.25, 0.3) is 0 Å². The van der Waals surface area contributed by atoms with Crippen molar-refractivity contribution in [2.75, 3.05) is 14.2 Å². The highest BCUT2D eigenvalue weighted by atomic mass is 32.2. The Kier molecular flexibility index (Phi) is 6.17. The summed E-state index contributed by atoms with van der Waals surface area (Å²) < 4.78 is 51.2. The lowest BCUT2D eigenvalue weighted by atomic mass is 10.1. The SMILES string of the molecule is COc1ccc(OC)c(S(=O)(=O)N[C@@H](CC(=O)O)c2ccc(F)cc2)c1. The van der Waals surface area contributed by atoms with E-state index in [-0.39, 0.29) is 10.6 Å². The maximum Gasteiger partial charge on any atom is 0.305 e. The quantitative estimate of drug-likeness (QED) is 0.725. The second kappa shape index (κ2) is 8.15. The van der Waals surface area contributed by atoms with Gasteiger partial charge in [0.15, 0.2) is 0 Å². The van der Waals surface area contributed by atoms with Crippen molar-refractivity contribution in [3.05, 3.63) is 53.8 Å². The summed E-state index contributed by atoms with van der Waals surface area (Å²) in [5, 5.41) is 9.10. The minimum Gasteiger partial charge on any atom is -0.497 e. The van der Waals surface area contributed by atoms with Crippen LogP contribution in [0.2, 0.25) is 0 Å². The van der Waals surface area contributed by atoms with Crippen LogP contribution < -0.4 is 14.2 Å². The predicted octanol–water partition coefficient (Wildman–Crippen LogP) is 2.34. The van der Waals surface area contributed by atoms with Gasteiger partial charge < -0.3 is 14.6 Å². The van der Waals surface area contributed by atoms with Crippen LogP contribution in [0.4, 0.5) is 4.39 Å². The maximum atomic E-state index is 13.1. The smallest absolute Gasteiger partial charge is 0.305 e. The van der Waals surface area contributed by atoms with Gasteiger partial charge in [-0.25, -0.2) is 17.5 Å². The number of carboxylic acids is 1. The van der Waals surface area contributed by atoms with Gasteiger partial charge in [0.25, 0.3) is 0 Å². The fraction of sp³-hybridized carbons (Fsp3) is 0.235. The summed E-state index contributed by atoms with van der Waals surface area (Å²) >= 11 is 0. The fourth-order valence-corrected chi connectivity index (χ4v) is 3.75. The third kappa shape index (κ3) is 4.70. The summed E-state index contributed by atoms with van der Waals surface area (Å²) in [7, 11) is -1.45. The number of carboxylic acid groups (broad SMARTS) is 1. The van der Waals surface area contributed by atoms with E-state index in [4.69, 9.17) is 14.6 Å². The molecule has 0 unspecified atom stereocenters. The molecule has 2 rings (SSSR count). The topological polar surface area (TPSA) is 102 Å². The molecule has 0 bridgehead atoms. The molecule has 1 atom stereocenters. The predicted molar refractivity (Wildman–Crippen MR) is 91.3 cm³/mol. The van der Waals surface area contributed by atoms with Gasteiger partial charge in [-0.05, 0) is 29.8 Å². The van der Waals surface area contributed by atoms with E-state index in [1.54, 1.807) is 0 Å². The minimum absolute atomic E-state index is 0.0754. The Labute approximate surface area is 150 Å². The molecule has 0 aliphatic heterocycles. The summed E-state index contributed by atoms with van der Waals surface area (Å²) in [6.07, 6.45) is -0.517. The van der Waals surface area contributed by atoms with Crippen molar-refractivity contribution in [2.24, 2.45) is 0 Å². The third-order valence-corrected chi connectivity index (χ3v) is 5.10. The first-order chi connectivity index (χ1) is 12.3. The second-order valence-corrected chi connectivity index (χ2v) is 7.02. The number of benzene rings is 2. The maximum absolute atomic E-state index is 13.1. The van der Waals surface area contributed by atoms with Crippen LogP contribution in [0.15, 0.2) is 47.4 Å². The Balaban J connectivity index is 2.43. The van der Waals surface area contributed by atoms with Crippen LogP contribution in [0, 0.1) is 5.82 Å². The molecule has 0 amide bonds. The number of hydrogen-bond acceptors (Lipinski definition) is 5. The first kappa shape index (κ1) is 19.7. The lowest BCUT2D eigenvalue weighted by Crippen LogP contribution is -2.30. The zero-order valence-electron chi connectivity index (χ0n) is 14.1. The highest BCUT2D eigenvalue weighted by Gasteiger charge is 2.26. The Morgan fingerprint density at radius 1 is 1.15 bits per heavy atom. The van der Waals surface area contributed by atoms with Crippen LogP contribution in [-0.2, 0) is 14.8 Å². The number of rotatable bonds is 8. The zero-order chi connectivity index (χ0) is 19.3.